The third-order valence-corrected chi connectivity index (χ3v) is 5.90. The zero-order valence-electron chi connectivity index (χ0n) is 20.0. The number of nitrogens with one attached hydrogen (secondary N) is 2. The fourth-order valence-electron chi connectivity index (χ4n) is 3.58. The van der Waals surface area contributed by atoms with Gasteiger partial charge in [-0.3, -0.25) is 4.98 Å². The van der Waals surface area contributed by atoms with Crippen LogP contribution in [-0.4, -0.2) is 53.8 Å². The number of benzene rings is 1. The number of aryl methyl sites for hydroxylation is 1. The number of ether oxygens (including phenoxy) is 3. The van der Waals surface area contributed by atoms with Crippen molar-refractivity contribution < 1.29 is 19.0 Å². The number of epoxide rings is 1. The van der Waals surface area contributed by atoms with Gasteiger partial charge in [0.1, 0.15) is 11.7 Å². The van der Waals surface area contributed by atoms with Crippen LogP contribution in [0, 0.1) is 6.92 Å². The van der Waals surface area contributed by atoms with E-state index in [9.17, 15) is 4.79 Å². The van der Waals surface area contributed by atoms with Gasteiger partial charge in [-0.05, 0) is 57.0 Å². The molecule has 1 saturated heterocycles. The monoisotopic (exact) mass is 482 g/mol. The number of nitrogens with zero attached hydrogens (tertiary/aromatic N) is 2. The molecule has 34 heavy (non-hydrogen) atoms. The molecule has 0 spiro atoms. The van der Waals surface area contributed by atoms with Crippen molar-refractivity contribution in [2.24, 2.45) is 0 Å². The predicted octanol–water partition coefficient (Wildman–Crippen LogP) is 4.86. The van der Waals surface area contributed by atoms with Gasteiger partial charge in [-0.15, -0.1) is 11.3 Å². The molecule has 0 aliphatic carbocycles. The summed E-state index contributed by atoms with van der Waals surface area (Å²) in [6.07, 6.45) is 0.825. The summed E-state index contributed by atoms with van der Waals surface area (Å²) in [5, 5.41) is 8.90. The molecule has 3 unspecified atom stereocenters. The molecule has 2 aromatic heterocycles. The summed E-state index contributed by atoms with van der Waals surface area (Å²) < 4.78 is 16.4. The molecule has 0 bridgehead atoms. The summed E-state index contributed by atoms with van der Waals surface area (Å²) >= 11 is 1.51. The van der Waals surface area contributed by atoms with E-state index in [1.807, 2.05) is 57.5 Å². The summed E-state index contributed by atoms with van der Waals surface area (Å²) in [5.41, 5.74) is 4.57. The highest BCUT2D eigenvalue weighted by Crippen LogP contribution is 2.32. The summed E-state index contributed by atoms with van der Waals surface area (Å²) in [6.45, 7) is 7.77. The molecule has 9 heteroatoms. The number of thiazole rings is 1. The van der Waals surface area contributed by atoms with Crippen molar-refractivity contribution in [1.82, 2.24) is 15.3 Å². The maximum Gasteiger partial charge on any atom is 0.408 e. The largest absolute Gasteiger partial charge is 0.444 e. The number of aromatic nitrogens is 2. The van der Waals surface area contributed by atoms with E-state index in [1.54, 1.807) is 7.11 Å². The minimum Gasteiger partial charge on any atom is -0.444 e. The highest BCUT2D eigenvalue weighted by atomic mass is 32.1. The Morgan fingerprint density at radius 2 is 1.97 bits per heavy atom. The van der Waals surface area contributed by atoms with Gasteiger partial charge in [0.2, 0.25) is 0 Å². The second kappa shape index (κ2) is 10.1. The van der Waals surface area contributed by atoms with Crippen LogP contribution in [0.1, 0.15) is 26.5 Å². The van der Waals surface area contributed by atoms with Gasteiger partial charge in [-0.1, -0.05) is 18.2 Å². The minimum absolute atomic E-state index is 0.238. The quantitative estimate of drug-likeness (QED) is 0.443. The minimum atomic E-state index is -0.575. The summed E-state index contributed by atoms with van der Waals surface area (Å²) in [7, 11) is 1.59. The highest BCUT2D eigenvalue weighted by Gasteiger charge is 2.46. The fraction of sp³-hybridized carbons (Fsp3) is 0.400. The molecule has 0 saturated carbocycles. The molecule has 3 aromatic rings. The lowest BCUT2D eigenvalue weighted by Crippen LogP contribution is -2.45. The molecule has 1 aromatic carbocycles. The first-order chi connectivity index (χ1) is 16.2. The normalized spacial score (nSPS) is 18.3. The van der Waals surface area contributed by atoms with Crippen molar-refractivity contribution in [3.63, 3.8) is 0 Å². The number of rotatable bonds is 8. The number of hydrogen-bond acceptors (Lipinski definition) is 8. The van der Waals surface area contributed by atoms with Gasteiger partial charge in [-0.2, -0.15) is 0 Å². The molecule has 1 aliphatic heterocycles. The molecule has 4 rings (SSSR count). The SMILES string of the molecule is COCC(NC(=O)OC(C)(C)C)C1OC1Nc1nc(-c2cccc(-c3ccnc(C)c3)c2)cs1. The highest BCUT2D eigenvalue weighted by molar-refractivity contribution is 7.14. The van der Waals surface area contributed by atoms with Gasteiger partial charge in [0.25, 0.3) is 0 Å². The molecule has 2 N–H and O–H groups in total. The van der Waals surface area contributed by atoms with Gasteiger partial charge in [0, 0.05) is 29.9 Å². The van der Waals surface area contributed by atoms with E-state index in [4.69, 9.17) is 19.2 Å². The third kappa shape index (κ3) is 6.31. The Bertz CT molecular complexity index is 1140. The molecule has 1 amide bonds. The van der Waals surface area contributed by atoms with Crippen molar-refractivity contribution in [2.45, 2.75) is 51.7 Å². The van der Waals surface area contributed by atoms with Crippen molar-refractivity contribution in [1.29, 1.82) is 0 Å². The standard InChI is InChI=1S/C25H30N4O4S/c1-15-11-17(9-10-26-15)16-7-6-8-18(12-16)20-14-34-23(27-20)29-22-21(32-22)19(13-31-5)28-24(30)33-25(2,3)4/h6-12,14,19,21-22H,13H2,1-5H3,(H,27,29)(H,28,30). The lowest BCUT2D eigenvalue weighted by atomic mass is 10.0. The molecule has 3 heterocycles. The topological polar surface area (TPSA) is 97.9 Å². The smallest absolute Gasteiger partial charge is 0.408 e. The van der Waals surface area contributed by atoms with E-state index >= 15 is 0 Å². The van der Waals surface area contributed by atoms with Crippen LogP contribution in [0.4, 0.5) is 9.93 Å². The number of carbonyl (C=O) groups excluding carboxylic acids is 1. The van der Waals surface area contributed by atoms with Crippen LogP contribution in [0.5, 0.6) is 0 Å². The van der Waals surface area contributed by atoms with Crippen molar-refractivity contribution in [3.8, 4) is 22.4 Å². The average molecular weight is 483 g/mol. The number of methoxy groups -OCH3 is 1. The molecule has 1 fully saturated rings. The van der Waals surface area contributed by atoms with Crippen LogP contribution in [0.15, 0.2) is 48.0 Å². The fourth-order valence-corrected chi connectivity index (χ4v) is 4.33. The van der Waals surface area contributed by atoms with Gasteiger partial charge in [0.15, 0.2) is 11.4 Å². The Hall–Kier alpha value is -3.01. The van der Waals surface area contributed by atoms with Crippen molar-refractivity contribution in [2.75, 3.05) is 19.0 Å². The Labute approximate surface area is 203 Å². The van der Waals surface area contributed by atoms with Gasteiger partial charge >= 0.3 is 6.09 Å². The molecule has 0 radical (unpaired) electrons. The maximum atomic E-state index is 12.2. The number of alkyl carbamates (subject to hydrolysis) is 1. The molecular weight excluding hydrogens is 452 g/mol. The van der Waals surface area contributed by atoms with Crippen LogP contribution < -0.4 is 10.6 Å². The van der Waals surface area contributed by atoms with Crippen LogP contribution >= 0.6 is 11.3 Å². The lowest BCUT2D eigenvalue weighted by Gasteiger charge is -2.22. The van der Waals surface area contributed by atoms with E-state index in [-0.39, 0.29) is 18.4 Å². The maximum absolute atomic E-state index is 12.2. The molecule has 8 nitrogen and oxygen atoms in total. The van der Waals surface area contributed by atoms with E-state index in [1.165, 1.54) is 11.3 Å². The van der Waals surface area contributed by atoms with Crippen molar-refractivity contribution in [3.05, 3.63) is 53.7 Å². The van der Waals surface area contributed by atoms with Gasteiger partial charge < -0.3 is 24.8 Å². The molecule has 3 atom stereocenters. The van der Waals surface area contributed by atoms with Crippen LogP contribution in [0.25, 0.3) is 22.4 Å². The van der Waals surface area contributed by atoms with E-state index in [0.717, 1.165) is 33.2 Å². The Kier molecular flexibility index (Phi) is 7.16. The average Bonchev–Trinajstić information content (AvgIpc) is 3.37. The zero-order valence-corrected chi connectivity index (χ0v) is 20.8. The second-order valence-corrected chi connectivity index (χ2v) is 10.0. The Balaban J connectivity index is 1.39. The molecular formula is C25H30N4O4S. The van der Waals surface area contributed by atoms with Crippen LogP contribution in [-0.2, 0) is 14.2 Å². The number of carbonyl (C=O) groups is 1. The Morgan fingerprint density at radius 1 is 1.21 bits per heavy atom. The first-order valence-corrected chi connectivity index (χ1v) is 12.0. The molecule has 180 valence electrons. The van der Waals surface area contributed by atoms with E-state index in [0.29, 0.717) is 6.61 Å². The number of hydrogen-bond donors (Lipinski definition) is 2. The van der Waals surface area contributed by atoms with E-state index in [2.05, 4.69) is 33.8 Å². The number of anilines is 1. The van der Waals surface area contributed by atoms with E-state index < -0.39 is 11.7 Å². The lowest BCUT2D eigenvalue weighted by molar-refractivity contribution is 0.0452. The van der Waals surface area contributed by atoms with Gasteiger partial charge in [0.05, 0.1) is 18.3 Å². The summed E-state index contributed by atoms with van der Waals surface area (Å²) in [5.74, 6) is 0. The molecule has 1 aliphatic rings. The van der Waals surface area contributed by atoms with Crippen molar-refractivity contribution >= 4 is 22.6 Å². The predicted molar refractivity (Wildman–Crippen MR) is 133 cm³/mol. The number of pyridine rings is 1. The first-order valence-electron chi connectivity index (χ1n) is 11.1. The third-order valence-electron chi connectivity index (χ3n) is 5.13. The second-order valence-electron chi connectivity index (χ2n) is 9.18. The Morgan fingerprint density at radius 3 is 2.71 bits per heavy atom. The van der Waals surface area contributed by atoms with Crippen LogP contribution in [0.3, 0.4) is 0 Å². The number of amides is 1. The summed E-state index contributed by atoms with van der Waals surface area (Å²) in [4.78, 5) is 21.2. The van der Waals surface area contributed by atoms with Crippen LogP contribution in [0.2, 0.25) is 0 Å². The summed E-state index contributed by atoms with van der Waals surface area (Å²) in [6, 6.07) is 12.0. The zero-order chi connectivity index (χ0) is 24.3. The van der Waals surface area contributed by atoms with Gasteiger partial charge in [-0.25, -0.2) is 9.78 Å². The first kappa shape index (κ1) is 24.1.